The Morgan fingerprint density at radius 1 is 0.931 bits per heavy atom. The maximum absolute atomic E-state index is 13.3. The van der Waals surface area contributed by atoms with Crippen LogP contribution in [0.2, 0.25) is 0 Å². The van der Waals surface area contributed by atoms with Crippen LogP contribution in [0.3, 0.4) is 0 Å². The number of hydrogen-bond donors (Lipinski definition) is 1. The van der Waals surface area contributed by atoms with Crippen LogP contribution in [0.5, 0.6) is 0 Å². The fourth-order valence-corrected chi connectivity index (χ4v) is 5.09. The SMILES string of the molecule is O=S(=O)(NC(c1cccnc1)C1CCOCC1)c1cccc(-c2ccccc2)c1. The van der Waals surface area contributed by atoms with E-state index < -0.39 is 10.0 Å². The summed E-state index contributed by atoms with van der Waals surface area (Å²) in [6.45, 7) is 1.29. The zero-order valence-electron chi connectivity index (χ0n) is 16.1. The summed E-state index contributed by atoms with van der Waals surface area (Å²) in [4.78, 5) is 4.45. The van der Waals surface area contributed by atoms with Crippen LogP contribution < -0.4 is 4.72 Å². The van der Waals surface area contributed by atoms with Gasteiger partial charge in [-0.25, -0.2) is 13.1 Å². The molecule has 0 aliphatic carbocycles. The summed E-state index contributed by atoms with van der Waals surface area (Å²) < 4.78 is 35.0. The van der Waals surface area contributed by atoms with Gasteiger partial charge in [0.1, 0.15) is 0 Å². The summed E-state index contributed by atoms with van der Waals surface area (Å²) in [5.41, 5.74) is 2.73. The summed E-state index contributed by atoms with van der Waals surface area (Å²) in [7, 11) is -3.71. The molecule has 0 saturated carbocycles. The smallest absolute Gasteiger partial charge is 0.241 e. The molecule has 1 N–H and O–H groups in total. The predicted octanol–water partition coefficient (Wildman–Crippen LogP) is 4.19. The third-order valence-corrected chi connectivity index (χ3v) is 6.75. The molecule has 1 fully saturated rings. The molecule has 2 heterocycles. The van der Waals surface area contributed by atoms with Crippen molar-refractivity contribution >= 4 is 10.0 Å². The topological polar surface area (TPSA) is 68.3 Å². The molecule has 0 spiro atoms. The van der Waals surface area contributed by atoms with Crippen LogP contribution in [0.25, 0.3) is 11.1 Å². The normalized spacial score (nSPS) is 16.4. The van der Waals surface area contributed by atoms with Crippen molar-refractivity contribution in [1.29, 1.82) is 0 Å². The monoisotopic (exact) mass is 408 g/mol. The molecule has 4 rings (SSSR count). The molecule has 0 radical (unpaired) electrons. The molecule has 1 atom stereocenters. The molecule has 1 unspecified atom stereocenters. The second-order valence-electron chi connectivity index (χ2n) is 7.23. The average molecular weight is 409 g/mol. The summed E-state index contributed by atoms with van der Waals surface area (Å²) in [5.74, 6) is 0.167. The van der Waals surface area contributed by atoms with Crippen molar-refractivity contribution in [2.45, 2.75) is 23.8 Å². The minimum atomic E-state index is -3.71. The lowest BCUT2D eigenvalue weighted by Gasteiger charge is -2.31. The Balaban J connectivity index is 1.65. The molecule has 6 heteroatoms. The lowest BCUT2D eigenvalue weighted by molar-refractivity contribution is 0.0564. The van der Waals surface area contributed by atoms with E-state index >= 15 is 0 Å². The fraction of sp³-hybridized carbons (Fsp3) is 0.261. The van der Waals surface area contributed by atoms with E-state index in [1.807, 2.05) is 48.5 Å². The summed E-state index contributed by atoms with van der Waals surface area (Å²) >= 11 is 0. The zero-order chi connectivity index (χ0) is 20.1. The number of rotatable bonds is 6. The van der Waals surface area contributed by atoms with E-state index in [1.54, 1.807) is 30.6 Å². The highest BCUT2D eigenvalue weighted by atomic mass is 32.2. The third kappa shape index (κ3) is 4.72. The van der Waals surface area contributed by atoms with Crippen molar-refractivity contribution < 1.29 is 13.2 Å². The lowest BCUT2D eigenvalue weighted by atomic mass is 9.88. The first-order chi connectivity index (χ1) is 14.1. The fourth-order valence-electron chi connectivity index (χ4n) is 3.75. The molecule has 5 nitrogen and oxygen atoms in total. The highest BCUT2D eigenvalue weighted by Gasteiger charge is 2.30. The third-order valence-electron chi connectivity index (χ3n) is 5.31. The minimum absolute atomic E-state index is 0.167. The Kier molecular flexibility index (Phi) is 6.04. The number of hydrogen-bond acceptors (Lipinski definition) is 4. The molecule has 3 aromatic rings. The minimum Gasteiger partial charge on any atom is -0.381 e. The van der Waals surface area contributed by atoms with Crippen LogP contribution >= 0.6 is 0 Å². The number of aromatic nitrogens is 1. The largest absolute Gasteiger partial charge is 0.381 e. The molecule has 1 aliphatic rings. The van der Waals surface area contributed by atoms with Gasteiger partial charge in [0.2, 0.25) is 10.0 Å². The second kappa shape index (κ2) is 8.86. The molecular formula is C23H24N2O3S. The first-order valence-corrected chi connectivity index (χ1v) is 11.3. The van der Waals surface area contributed by atoms with Crippen LogP contribution in [-0.4, -0.2) is 26.6 Å². The maximum Gasteiger partial charge on any atom is 0.241 e. The van der Waals surface area contributed by atoms with E-state index in [0.29, 0.717) is 13.2 Å². The Morgan fingerprint density at radius 3 is 2.41 bits per heavy atom. The van der Waals surface area contributed by atoms with E-state index in [1.165, 1.54) is 0 Å². The van der Waals surface area contributed by atoms with Gasteiger partial charge in [-0.3, -0.25) is 4.98 Å². The molecule has 1 aliphatic heterocycles. The van der Waals surface area contributed by atoms with E-state index in [9.17, 15) is 8.42 Å². The maximum atomic E-state index is 13.3. The van der Waals surface area contributed by atoms with Crippen LogP contribution in [0.1, 0.15) is 24.4 Å². The van der Waals surface area contributed by atoms with Gasteiger partial charge in [-0.05, 0) is 53.6 Å². The van der Waals surface area contributed by atoms with E-state index in [2.05, 4.69) is 9.71 Å². The number of pyridine rings is 1. The van der Waals surface area contributed by atoms with E-state index in [-0.39, 0.29) is 16.9 Å². The van der Waals surface area contributed by atoms with Crippen LogP contribution in [0.15, 0.2) is 84.0 Å². The van der Waals surface area contributed by atoms with Crippen molar-refractivity contribution in [3.63, 3.8) is 0 Å². The highest BCUT2D eigenvalue weighted by molar-refractivity contribution is 7.89. The molecule has 0 amide bonds. The van der Waals surface area contributed by atoms with Crippen molar-refractivity contribution in [2.24, 2.45) is 5.92 Å². The predicted molar refractivity (Wildman–Crippen MR) is 113 cm³/mol. The Labute approximate surface area is 171 Å². The Morgan fingerprint density at radius 2 is 1.69 bits per heavy atom. The van der Waals surface area contributed by atoms with Gasteiger partial charge in [0, 0.05) is 25.6 Å². The quantitative estimate of drug-likeness (QED) is 0.664. The number of nitrogens with one attached hydrogen (secondary N) is 1. The number of nitrogens with zero attached hydrogens (tertiary/aromatic N) is 1. The van der Waals surface area contributed by atoms with Gasteiger partial charge in [-0.2, -0.15) is 0 Å². The molecular weight excluding hydrogens is 384 g/mol. The number of ether oxygens (including phenoxy) is 1. The first-order valence-electron chi connectivity index (χ1n) is 9.79. The number of benzene rings is 2. The summed E-state index contributed by atoms with van der Waals surface area (Å²) in [6.07, 6.45) is 5.06. The molecule has 1 saturated heterocycles. The second-order valence-corrected chi connectivity index (χ2v) is 8.94. The molecule has 29 heavy (non-hydrogen) atoms. The van der Waals surface area contributed by atoms with Gasteiger partial charge >= 0.3 is 0 Å². The van der Waals surface area contributed by atoms with Crippen molar-refractivity contribution in [3.05, 3.63) is 84.7 Å². The van der Waals surface area contributed by atoms with Gasteiger partial charge in [-0.15, -0.1) is 0 Å². The van der Waals surface area contributed by atoms with Gasteiger partial charge in [-0.1, -0.05) is 48.5 Å². The zero-order valence-corrected chi connectivity index (χ0v) is 16.9. The van der Waals surface area contributed by atoms with E-state index in [0.717, 1.165) is 29.5 Å². The average Bonchev–Trinajstić information content (AvgIpc) is 2.79. The molecule has 150 valence electrons. The first kappa shape index (κ1) is 19.8. The van der Waals surface area contributed by atoms with Crippen molar-refractivity contribution in [1.82, 2.24) is 9.71 Å². The Hall–Kier alpha value is -2.54. The van der Waals surface area contributed by atoms with Crippen molar-refractivity contribution in [2.75, 3.05) is 13.2 Å². The van der Waals surface area contributed by atoms with Gasteiger partial charge in [0.15, 0.2) is 0 Å². The van der Waals surface area contributed by atoms with Crippen LogP contribution in [0.4, 0.5) is 0 Å². The lowest BCUT2D eigenvalue weighted by Crippen LogP contribution is -2.36. The van der Waals surface area contributed by atoms with Gasteiger partial charge in [0.25, 0.3) is 0 Å². The van der Waals surface area contributed by atoms with Gasteiger partial charge < -0.3 is 4.74 Å². The summed E-state index contributed by atoms with van der Waals surface area (Å²) in [6, 6.07) is 20.3. The van der Waals surface area contributed by atoms with Crippen molar-refractivity contribution in [3.8, 4) is 11.1 Å². The molecule has 0 bridgehead atoms. The summed E-state index contributed by atoms with van der Waals surface area (Å²) in [5, 5.41) is 0. The molecule has 1 aromatic heterocycles. The Bertz CT molecular complexity index is 1030. The number of sulfonamides is 1. The standard InChI is InChI=1S/C23H24N2O3S/c26-29(27,22-10-4-8-20(16-22)18-6-2-1-3-7-18)25-23(19-11-14-28-15-12-19)21-9-5-13-24-17-21/h1-10,13,16-17,19,23,25H,11-12,14-15H2. The van der Waals surface area contributed by atoms with E-state index in [4.69, 9.17) is 4.74 Å². The van der Waals surface area contributed by atoms with Crippen LogP contribution in [0, 0.1) is 5.92 Å². The van der Waals surface area contributed by atoms with Crippen LogP contribution in [-0.2, 0) is 14.8 Å². The highest BCUT2D eigenvalue weighted by Crippen LogP contribution is 2.32. The molecule has 2 aromatic carbocycles. The van der Waals surface area contributed by atoms with Gasteiger partial charge in [0.05, 0.1) is 10.9 Å².